The maximum atomic E-state index is 11.8. The zero-order chi connectivity index (χ0) is 17.0. The molecule has 1 aliphatic carbocycles. The van der Waals surface area contributed by atoms with Crippen LogP contribution in [0, 0.1) is 5.92 Å². The fourth-order valence-corrected chi connectivity index (χ4v) is 2.20. The lowest BCUT2D eigenvalue weighted by molar-refractivity contribution is -0.135. The summed E-state index contributed by atoms with van der Waals surface area (Å²) in [4.78, 5) is 35.1. The van der Waals surface area contributed by atoms with Crippen LogP contribution in [0.2, 0.25) is 0 Å². The first-order valence-corrected chi connectivity index (χ1v) is 7.34. The van der Waals surface area contributed by atoms with Crippen molar-refractivity contribution >= 4 is 17.5 Å². The molecule has 0 atom stereocenters. The van der Waals surface area contributed by atoms with Crippen LogP contribution in [0.4, 0.5) is 0 Å². The molecule has 1 N–H and O–H groups in total. The van der Waals surface area contributed by atoms with Crippen LogP contribution in [0.3, 0.4) is 0 Å². The number of allylic oxidation sites excluding steroid dienone is 4. The van der Waals surface area contributed by atoms with Gasteiger partial charge in [0, 0.05) is 24.0 Å². The van der Waals surface area contributed by atoms with Gasteiger partial charge in [0.15, 0.2) is 11.6 Å². The molecular weight excluding hydrogens is 296 g/mol. The minimum Gasteiger partial charge on any atom is -0.508 e. The maximum absolute atomic E-state index is 11.8. The van der Waals surface area contributed by atoms with Gasteiger partial charge in [-0.3, -0.25) is 14.4 Å². The van der Waals surface area contributed by atoms with Gasteiger partial charge in [-0.25, -0.2) is 0 Å². The van der Waals surface area contributed by atoms with E-state index in [1.165, 1.54) is 36.4 Å². The number of aromatic hydroxyl groups is 1. The van der Waals surface area contributed by atoms with Crippen molar-refractivity contribution in [2.45, 2.75) is 26.7 Å². The number of esters is 1. The number of phenols is 1. The third-order valence-corrected chi connectivity index (χ3v) is 3.26. The molecule has 5 heteroatoms. The van der Waals surface area contributed by atoms with Gasteiger partial charge in [-0.1, -0.05) is 13.8 Å². The lowest BCUT2D eigenvalue weighted by Gasteiger charge is -2.13. The molecule has 1 aromatic carbocycles. The first-order valence-electron chi connectivity index (χ1n) is 7.34. The molecule has 0 amide bonds. The highest BCUT2D eigenvalue weighted by atomic mass is 16.5. The fourth-order valence-electron chi connectivity index (χ4n) is 2.20. The number of rotatable bonds is 5. The van der Waals surface area contributed by atoms with Crippen molar-refractivity contribution < 1.29 is 24.2 Å². The third-order valence-electron chi connectivity index (χ3n) is 3.26. The van der Waals surface area contributed by atoms with E-state index in [9.17, 15) is 19.5 Å². The van der Waals surface area contributed by atoms with Crippen molar-refractivity contribution in [3.63, 3.8) is 0 Å². The van der Waals surface area contributed by atoms with E-state index in [0.717, 1.165) is 0 Å². The molecule has 120 valence electrons. The molecule has 0 aromatic heterocycles. The maximum Gasteiger partial charge on any atom is 0.311 e. The molecule has 0 bridgehead atoms. The SMILES string of the molecule is CC(C)CC(=O)Oc1ccc(O)cc1CC1=CC(=O)C=CC1=O. The van der Waals surface area contributed by atoms with E-state index >= 15 is 0 Å². The quantitative estimate of drug-likeness (QED) is 0.513. The predicted molar refractivity (Wildman–Crippen MR) is 84.1 cm³/mol. The fraction of sp³-hybridized carbons (Fsp3) is 0.278. The Morgan fingerprint density at radius 1 is 1.22 bits per heavy atom. The minimum atomic E-state index is -0.383. The largest absolute Gasteiger partial charge is 0.508 e. The molecule has 0 heterocycles. The first-order chi connectivity index (χ1) is 10.8. The van der Waals surface area contributed by atoms with Gasteiger partial charge in [0.2, 0.25) is 0 Å². The van der Waals surface area contributed by atoms with E-state index in [1.807, 2.05) is 13.8 Å². The van der Waals surface area contributed by atoms with Gasteiger partial charge in [-0.15, -0.1) is 0 Å². The molecule has 1 aliphatic rings. The molecular formula is C18H18O5. The average molecular weight is 314 g/mol. The number of ketones is 2. The molecule has 0 fully saturated rings. The number of ether oxygens (including phenoxy) is 1. The number of carbonyl (C=O) groups excluding carboxylic acids is 3. The van der Waals surface area contributed by atoms with E-state index < -0.39 is 0 Å². The van der Waals surface area contributed by atoms with Crippen LogP contribution in [-0.4, -0.2) is 22.6 Å². The summed E-state index contributed by atoms with van der Waals surface area (Å²) >= 11 is 0. The van der Waals surface area contributed by atoms with Crippen molar-refractivity contribution in [1.82, 2.24) is 0 Å². The summed E-state index contributed by atoms with van der Waals surface area (Å²) in [6.07, 6.45) is 4.05. The van der Waals surface area contributed by atoms with Gasteiger partial charge < -0.3 is 9.84 Å². The molecule has 5 nitrogen and oxygen atoms in total. The second kappa shape index (κ2) is 7.05. The molecule has 0 unspecified atom stereocenters. The second-order valence-corrected chi connectivity index (χ2v) is 5.81. The summed E-state index contributed by atoms with van der Waals surface area (Å²) in [7, 11) is 0. The Morgan fingerprint density at radius 3 is 2.65 bits per heavy atom. The Morgan fingerprint density at radius 2 is 1.96 bits per heavy atom. The lowest BCUT2D eigenvalue weighted by atomic mass is 9.96. The second-order valence-electron chi connectivity index (χ2n) is 5.81. The first kappa shape index (κ1) is 16.7. The molecule has 0 spiro atoms. The summed E-state index contributed by atoms with van der Waals surface area (Å²) in [5.41, 5.74) is 0.772. The predicted octanol–water partition coefficient (Wildman–Crippen LogP) is 2.52. The van der Waals surface area contributed by atoms with E-state index in [-0.39, 0.29) is 47.8 Å². The highest BCUT2D eigenvalue weighted by Gasteiger charge is 2.18. The smallest absolute Gasteiger partial charge is 0.311 e. The van der Waals surface area contributed by atoms with Crippen LogP contribution in [-0.2, 0) is 20.8 Å². The van der Waals surface area contributed by atoms with Crippen molar-refractivity contribution in [2.75, 3.05) is 0 Å². The molecule has 0 saturated carbocycles. The Balaban J connectivity index is 2.24. The van der Waals surface area contributed by atoms with E-state index in [2.05, 4.69) is 0 Å². The van der Waals surface area contributed by atoms with E-state index in [1.54, 1.807) is 0 Å². The number of hydrogen-bond donors (Lipinski definition) is 1. The molecule has 2 rings (SSSR count). The van der Waals surface area contributed by atoms with Crippen LogP contribution in [0.15, 0.2) is 42.0 Å². The molecule has 0 aliphatic heterocycles. The molecule has 0 radical (unpaired) electrons. The van der Waals surface area contributed by atoms with E-state index in [0.29, 0.717) is 11.1 Å². The van der Waals surface area contributed by atoms with Crippen LogP contribution < -0.4 is 4.74 Å². The highest BCUT2D eigenvalue weighted by Crippen LogP contribution is 2.27. The number of phenolic OH excluding ortho intramolecular Hbond substituents is 1. The van der Waals surface area contributed by atoms with Gasteiger partial charge in [0.25, 0.3) is 0 Å². The van der Waals surface area contributed by atoms with Crippen molar-refractivity contribution in [2.24, 2.45) is 5.92 Å². The van der Waals surface area contributed by atoms with E-state index in [4.69, 9.17) is 4.74 Å². The van der Waals surface area contributed by atoms with Crippen molar-refractivity contribution in [3.05, 3.63) is 47.6 Å². The van der Waals surface area contributed by atoms with Crippen LogP contribution in [0.1, 0.15) is 25.8 Å². The number of benzene rings is 1. The van der Waals surface area contributed by atoms with Gasteiger partial charge in [-0.2, -0.15) is 0 Å². The summed E-state index contributed by atoms with van der Waals surface area (Å²) in [5.74, 6) is -0.482. The zero-order valence-electron chi connectivity index (χ0n) is 13.0. The monoisotopic (exact) mass is 314 g/mol. The van der Waals surface area contributed by atoms with Gasteiger partial charge in [0.1, 0.15) is 11.5 Å². The molecule has 0 saturated heterocycles. The average Bonchev–Trinajstić information content (AvgIpc) is 2.45. The Labute approximate surface area is 134 Å². The minimum absolute atomic E-state index is 0.00520. The molecule has 1 aromatic rings. The third kappa shape index (κ3) is 4.64. The standard InChI is InChI=1S/C18H18O5/c1-11(2)7-18(22)23-17-6-4-15(20)10-13(17)8-12-9-14(19)3-5-16(12)21/h3-6,9-11,20H,7-8H2,1-2H3. The summed E-state index contributed by atoms with van der Waals surface area (Å²) in [6, 6.07) is 4.31. The topological polar surface area (TPSA) is 80.7 Å². The summed E-state index contributed by atoms with van der Waals surface area (Å²) in [6.45, 7) is 3.81. The highest BCUT2D eigenvalue weighted by molar-refractivity contribution is 6.17. The van der Waals surface area contributed by atoms with Crippen molar-refractivity contribution in [1.29, 1.82) is 0 Å². The van der Waals surface area contributed by atoms with Gasteiger partial charge >= 0.3 is 5.97 Å². The van der Waals surface area contributed by atoms with Crippen molar-refractivity contribution in [3.8, 4) is 11.5 Å². The van der Waals surface area contributed by atoms with Crippen LogP contribution >= 0.6 is 0 Å². The van der Waals surface area contributed by atoms with Crippen LogP contribution in [0.5, 0.6) is 11.5 Å². The number of carbonyl (C=O) groups is 3. The Kier molecular flexibility index (Phi) is 5.11. The van der Waals surface area contributed by atoms with Gasteiger partial charge in [-0.05, 0) is 42.3 Å². The molecule has 23 heavy (non-hydrogen) atoms. The Bertz CT molecular complexity index is 710. The normalized spacial score (nSPS) is 14.1. The lowest BCUT2D eigenvalue weighted by Crippen LogP contribution is -2.14. The Hall–Kier alpha value is -2.69. The zero-order valence-corrected chi connectivity index (χ0v) is 13.0. The summed E-state index contributed by atoms with van der Waals surface area (Å²) < 4.78 is 5.32. The van der Waals surface area contributed by atoms with Crippen LogP contribution in [0.25, 0.3) is 0 Å². The van der Waals surface area contributed by atoms with Gasteiger partial charge in [0.05, 0.1) is 0 Å². The summed E-state index contributed by atoms with van der Waals surface area (Å²) in [5, 5.41) is 9.64. The number of hydrogen-bond acceptors (Lipinski definition) is 5.